The summed E-state index contributed by atoms with van der Waals surface area (Å²) in [6, 6.07) is 19.1. The van der Waals surface area contributed by atoms with Crippen LogP contribution in [0.15, 0.2) is 66.7 Å². The molecule has 0 heterocycles. The largest absolute Gasteiger partial charge is 0.497 e. The van der Waals surface area contributed by atoms with Crippen LogP contribution in [0.4, 0.5) is 11.4 Å². The van der Waals surface area contributed by atoms with Crippen LogP contribution in [0.1, 0.15) is 26.3 Å². The Kier molecular flexibility index (Phi) is 6.14. The van der Waals surface area contributed by atoms with Crippen molar-refractivity contribution >= 4 is 23.2 Å². The molecule has 0 saturated carbocycles. The van der Waals surface area contributed by atoms with Gasteiger partial charge in [0, 0.05) is 22.5 Å². The van der Waals surface area contributed by atoms with E-state index in [4.69, 9.17) is 9.47 Å². The minimum absolute atomic E-state index is 0.241. The molecule has 0 aliphatic heterocycles. The zero-order valence-electron chi connectivity index (χ0n) is 16.5. The number of carbonyl (C=O) groups is 2. The molecule has 3 aromatic carbocycles. The zero-order chi connectivity index (χ0) is 20.8. The minimum atomic E-state index is -0.241. The summed E-state index contributed by atoms with van der Waals surface area (Å²) in [5.41, 5.74) is 3.03. The number of anilines is 2. The van der Waals surface area contributed by atoms with Crippen molar-refractivity contribution < 1.29 is 19.1 Å². The first-order valence-corrected chi connectivity index (χ1v) is 9.02. The van der Waals surface area contributed by atoms with Crippen LogP contribution in [-0.4, -0.2) is 26.0 Å². The molecule has 0 spiro atoms. The molecule has 0 atom stereocenters. The van der Waals surface area contributed by atoms with E-state index in [1.807, 2.05) is 6.92 Å². The van der Waals surface area contributed by atoms with Gasteiger partial charge in [-0.2, -0.15) is 0 Å². The van der Waals surface area contributed by atoms with Gasteiger partial charge in [-0.25, -0.2) is 0 Å². The van der Waals surface area contributed by atoms with Gasteiger partial charge in [-0.15, -0.1) is 0 Å². The predicted octanol–water partition coefficient (Wildman–Crippen LogP) is 4.52. The van der Waals surface area contributed by atoms with Gasteiger partial charge < -0.3 is 20.1 Å². The Balaban J connectivity index is 1.74. The molecule has 29 heavy (non-hydrogen) atoms. The molecule has 3 rings (SSSR count). The van der Waals surface area contributed by atoms with Crippen molar-refractivity contribution in [3.63, 3.8) is 0 Å². The molecule has 0 aliphatic carbocycles. The van der Waals surface area contributed by atoms with E-state index in [-0.39, 0.29) is 11.8 Å². The zero-order valence-corrected chi connectivity index (χ0v) is 16.5. The highest BCUT2D eigenvalue weighted by Gasteiger charge is 2.12. The second kappa shape index (κ2) is 8.93. The fraction of sp³-hybridized carbons (Fsp3) is 0.130. The average Bonchev–Trinajstić information content (AvgIpc) is 2.76. The van der Waals surface area contributed by atoms with E-state index in [2.05, 4.69) is 10.6 Å². The van der Waals surface area contributed by atoms with Crippen LogP contribution in [0.2, 0.25) is 0 Å². The van der Waals surface area contributed by atoms with Crippen molar-refractivity contribution in [1.82, 2.24) is 0 Å². The van der Waals surface area contributed by atoms with E-state index in [9.17, 15) is 9.59 Å². The lowest BCUT2D eigenvalue weighted by Crippen LogP contribution is -2.15. The van der Waals surface area contributed by atoms with Gasteiger partial charge in [0.05, 0.1) is 14.2 Å². The quantitative estimate of drug-likeness (QED) is 0.649. The summed E-state index contributed by atoms with van der Waals surface area (Å²) >= 11 is 0. The first-order valence-electron chi connectivity index (χ1n) is 9.02. The van der Waals surface area contributed by atoms with Gasteiger partial charge in [-0.3, -0.25) is 9.59 Å². The molecule has 0 aromatic heterocycles. The number of ether oxygens (including phenoxy) is 2. The molecule has 6 heteroatoms. The van der Waals surface area contributed by atoms with Gasteiger partial charge in [0.1, 0.15) is 11.5 Å². The lowest BCUT2D eigenvalue weighted by atomic mass is 10.1. The second-order valence-electron chi connectivity index (χ2n) is 6.34. The molecule has 2 amide bonds. The van der Waals surface area contributed by atoms with E-state index >= 15 is 0 Å². The first kappa shape index (κ1) is 19.9. The number of nitrogens with one attached hydrogen (secondary N) is 2. The highest BCUT2D eigenvalue weighted by molar-refractivity contribution is 6.07. The topological polar surface area (TPSA) is 76.7 Å². The summed E-state index contributed by atoms with van der Waals surface area (Å²) in [6.07, 6.45) is 0. The number of amides is 2. The van der Waals surface area contributed by atoms with Crippen LogP contribution in [0, 0.1) is 6.92 Å². The summed E-state index contributed by atoms with van der Waals surface area (Å²) in [4.78, 5) is 25.1. The molecule has 0 aliphatic rings. The number of rotatable bonds is 6. The van der Waals surface area contributed by atoms with Crippen molar-refractivity contribution in [2.24, 2.45) is 0 Å². The lowest BCUT2D eigenvalue weighted by molar-refractivity contribution is 0.101. The average molecular weight is 390 g/mol. The number of hydrogen-bond donors (Lipinski definition) is 2. The smallest absolute Gasteiger partial charge is 0.255 e. The van der Waals surface area contributed by atoms with Crippen LogP contribution in [0.5, 0.6) is 11.5 Å². The van der Waals surface area contributed by atoms with E-state index in [0.29, 0.717) is 34.0 Å². The van der Waals surface area contributed by atoms with Gasteiger partial charge in [0.15, 0.2) is 0 Å². The molecular formula is C23H22N2O4. The van der Waals surface area contributed by atoms with E-state index in [1.165, 1.54) is 0 Å². The van der Waals surface area contributed by atoms with Gasteiger partial charge in [-0.05, 0) is 73.2 Å². The van der Waals surface area contributed by atoms with Gasteiger partial charge >= 0.3 is 0 Å². The minimum Gasteiger partial charge on any atom is -0.497 e. The van der Waals surface area contributed by atoms with E-state index in [0.717, 1.165) is 5.56 Å². The number of benzene rings is 3. The maximum atomic E-state index is 12.5. The molecule has 6 nitrogen and oxygen atoms in total. The highest BCUT2D eigenvalue weighted by atomic mass is 16.5. The Hall–Kier alpha value is -3.80. The summed E-state index contributed by atoms with van der Waals surface area (Å²) in [7, 11) is 3.15. The Morgan fingerprint density at radius 3 is 1.38 bits per heavy atom. The number of carbonyl (C=O) groups excluding carboxylic acids is 2. The normalized spacial score (nSPS) is 10.2. The monoisotopic (exact) mass is 390 g/mol. The van der Waals surface area contributed by atoms with Gasteiger partial charge in [0.25, 0.3) is 11.8 Å². The Morgan fingerprint density at radius 1 is 0.655 bits per heavy atom. The fourth-order valence-corrected chi connectivity index (χ4v) is 2.78. The van der Waals surface area contributed by atoms with Gasteiger partial charge in [-0.1, -0.05) is 6.07 Å². The van der Waals surface area contributed by atoms with Crippen LogP contribution in [0.3, 0.4) is 0 Å². The number of methoxy groups -OCH3 is 2. The lowest BCUT2D eigenvalue weighted by Gasteiger charge is -2.14. The van der Waals surface area contributed by atoms with E-state index < -0.39 is 0 Å². The van der Waals surface area contributed by atoms with Crippen molar-refractivity contribution in [2.45, 2.75) is 6.92 Å². The summed E-state index contributed by atoms with van der Waals surface area (Å²) in [5.74, 6) is 0.880. The molecule has 148 valence electrons. The molecule has 0 saturated heterocycles. The molecule has 3 aromatic rings. The predicted molar refractivity (Wildman–Crippen MR) is 113 cm³/mol. The molecular weight excluding hydrogens is 368 g/mol. The maximum absolute atomic E-state index is 12.5. The number of hydrogen-bond acceptors (Lipinski definition) is 4. The Labute approximate surface area is 169 Å². The van der Waals surface area contributed by atoms with Gasteiger partial charge in [0.2, 0.25) is 0 Å². The fourth-order valence-electron chi connectivity index (χ4n) is 2.78. The standard InChI is InChI=1S/C23H22N2O4/c1-15-20(24-22(26)16-7-11-18(28-2)12-8-16)5-4-6-21(15)25-23(27)17-9-13-19(29-3)14-10-17/h4-14H,1-3H3,(H,24,26)(H,25,27). The third-order valence-corrected chi connectivity index (χ3v) is 4.53. The third-order valence-electron chi connectivity index (χ3n) is 4.53. The van der Waals surface area contributed by atoms with Crippen molar-refractivity contribution in [2.75, 3.05) is 24.9 Å². The van der Waals surface area contributed by atoms with E-state index in [1.54, 1.807) is 80.9 Å². The first-order chi connectivity index (χ1) is 14.0. The molecule has 0 radical (unpaired) electrons. The Bertz CT molecular complexity index is 932. The SMILES string of the molecule is COc1ccc(C(=O)Nc2cccc(NC(=O)c3ccc(OC)cc3)c2C)cc1. The maximum Gasteiger partial charge on any atom is 0.255 e. The van der Waals surface area contributed by atoms with Crippen LogP contribution in [-0.2, 0) is 0 Å². The summed E-state index contributed by atoms with van der Waals surface area (Å²) in [6.45, 7) is 1.84. The summed E-state index contributed by atoms with van der Waals surface area (Å²) < 4.78 is 10.2. The second-order valence-corrected chi connectivity index (χ2v) is 6.34. The van der Waals surface area contributed by atoms with Crippen LogP contribution in [0.25, 0.3) is 0 Å². The highest BCUT2D eigenvalue weighted by Crippen LogP contribution is 2.25. The van der Waals surface area contributed by atoms with Crippen molar-refractivity contribution in [3.05, 3.63) is 83.4 Å². The van der Waals surface area contributed by atoms with Crippen molar-refractivity contribution in [1.29, 1.82) is 0 Å². The summed E-state index contributed by atoms with van der Waals surface area (Å²) in [5, 5.41) is 5.77. The molecule has 2 N–H and O–H groups in total. The molecule has 0 bridgehead atoms. The van der Waals surface area contributed by atoms with Crippen molar-refractivity contribution in [3.8, 4) is 11.5 Å². The van der Waals surface area contributed by atoms with Crippen LogP contribution < -0.4 is 20.1 Å². The Morgan fingerprint density at radius 2 is 1.03 bits per heavy atom. The van der Waals surface area contributed by atoms with Crippen LogP contribution >= 0.6 is 0 Å². The third kappa shape index (κ3) is 4.73. The molecule has 0 fully saturated rings. The molecule has 0 unspecified atom stereocenters.